The normalized spacial score (nSPS) is 10.9. The summed E-state index contributed by atoms with van der Waals surface area (Å²) in [4.78, 5) is 4.56. The Kier molecular flexibility index (Phi) is 2.54. The van der Waals surface area contributed by atoms with Gasteiger partial charge in [-0.1, -0.05) is 19.9 Å². The minimum absolute atomic E-state index is 0.446. The molecule has 0 atom stereocenters. The molecule has 2 rings (SSSR count). The third-order valence-electron chi connectivity index (χ3n) is 2.30. The monoisotopic (exact) mass is 201 g/mol. The molecule has 0 aliphatic carbocycles. The first-order valence-electron chi connectivity index (χ1n) is 5.16. The van der Waals surface area contributed by atoms with E-state index in [0.29, 0.717) is 5.92 Å². The molecule has 0 saturated carbocycles. The lowest BCUT2D eigenvalue weighted by atomic mass is 10.1. The van der Waals surface area contributed by atoms with Crippen LogP contribution in [0.15, 0.2) is 30.5 Å². The molecule has 3 nitrogen and oxygen atoms in total. The summed E-state index contributed by atoms with van der Waals surface area (Å²) >= 11 is 0. The quantitative estimate of drug-likeness (QED) is 0.748. The average Bonchev–Trinajstić information content (AvgIpc) is 2.65. The second kappa shape index (κ2) is 3.85. The van der Waals surface area contributed by atoms with Crippen molar-refractivity contribution >= 4 is 0 Å². The lowest BCUT2D eigenvalue weighted by Crippen LogP contribution is -2.01. The van der Waals surface area contributed by atoms with Crippen LogP contribution in [0.2, 0.25) is 0 Å². The molecule has 0 radical (unpaired) electrons. The highest BCUT2D eigenvalue weighted by atomic mass is 15.3. The van der Waals surface area contributed by atoms with E-state index < -0.39 is 0 Å². The number of pyridine rings is 1. The van der Waals surface area contributed by atoms with Crippen LogP contribution < -0.4 is 0 Å². The van der Waals surface area contributed by atoms with E-state index in [4.69, 9.17) is 0 Å². The number of hydrogen-bond acceptors (Lipinski definition) is 2. The van der Waals surface area contributed by atoms with Crippen LogP contribution in [0, 0.1) is 6.92 Å². The van der Waals surface area contributed by atoms with Crippen molar-refractivity contribution in [2.24, 2.45) is 0 Å². The van der Waals surface area contributed by atoms with E-state index in [9.17, 15) is 0 Å². The zero-order chi connectivity index (χ0) is 10.8. The summed E-state index contributed by atoms with van der Waals surface area (Å²) in [5.74, 6) is 1.33. The third-order valence-corrected chi connectivity index (χ3v) is 2.30. The smallest absolute Gasteiger partial charge is 0.153 e. The topological polar surface area (TPSA) is 30.7 Å². The number of aryl methyl sites for hydroxylation is 1. The Labute approximate surface area is 89.8 Å². The van der Waals surface area contributed by atoms with E-state index in [0.717, 1.165) is 17.2 Å². The highest BCUT2D eigenvalue weighted by molar-refractivity contribution is 5.25. The maximum Gasteiger partial charge on any atom is 0.153 e. The van der Waals surface area contributed by atoms with E-state index in [-0.39, 0.29) is 0 Å². The molecular formula is C12H15N3. The number of rotatable bonds is 2. The van der Waals surface area contributed by atoms with Crippen molar-refractivity contribution in [3.8, 4) is 5.82 Å². The van der Waals surface area contributed by atoms with Gasteiger partial charge in [-0.2, -0.15) is 5.10 Å². The lowest BCUT2D eigenvalue weighted by Gasteiger charge is -2.06. The summed E-state index contributed by atoms with van der Waals surface area (Å²) in [5.41, 5.74) is 2.10. The Morgan fingerprint density at radius 1 is 1.20 bits per heavy atom. The molecule has 0 unspecified atom stereocenters. The highest BCUT2D eigenvalue weighted by Crippen LogP contribution is 2.13. The van der Waals surface area contributed by atoms with E-state index in [2.05, 4.69) is 23.9 Å². The molecule has 78 valence electrons. The standard InChI is InChI=1S/C12H15N3/c1-9(2)11-5-4-6-12(13-11)15-8-7-10(3)14-15/h4-9H,1-3H3. The second-order valence-corrected chi connectivity index (χ2v) is 3.98. The fraction of sp³-hybridized carbons (Fsp3) is 0.333. The van der Waals surface area contributed by atoms with Crippen molar-refractivity contribution in [3.05, 3.63) is 41.9 Å². The Balaban J connectivity index is 2.41. The van der Waals surface area contributed by atoms with Crippen molar-refractivity contribution < 1.29 is 0 Å². The molecule has 0 N–H and O–H groups in total. The van der Waals surface area contributed by atoms with Gasteiger partial charge in [0.05, 0.1) is 5.69 Å². The summed E-state index contributed by atoms with van der Waals surface area (Å²) < 4.78 is 1.81. The molecule has 2 aromatic heterocycles. The molecule has 0 bridgehead atoms. The van der Waals surface area contributed by atoms with Crippen LogP contribution in [0.25, 0.3) is 5.82 Å². The van der Waals surface area contributed by atoms with Gasteiger partial charge in [0.2, 0.25) is 0 Å². The fourth-order valence-corrected chi connectivity index (χ4v) is 1.43. The predicted octanol–water partition coefficient (Wildman–Crippen LogP) is 2.70. The zero-order valence-corrected chi connectivity index (χ0v) is 9.31. The molecule has 0 aliphatic heterocycles. The maximum atomic E-state index is 4.56. The first-order chi connectivity index (χ1) is 7.16. The van der Waals surface area contributed by atoms with E-state index in [1.807, 2.05) is 37.4 Å². The first kappa shape index (κ1) is 9.90. The van der Waals surface area contributed by atoms with Crippen LogP contribution in [-0.4, -0.2) is 14.8 Å². The largest absolute Gasteiger partial charge is 0.233 e. The van der Waals surface area contributed by atoms with Gasteiger partial charge in [-0.05, 0) is 31.0 Å². The van der Waals surface area contributed by atoms with Crippen molar-refractivity contribution in [1.29, 1.82) is 0 Å². The Morgan fingerprint density at radius 3 is 2.60 bits per heavy atom. The van der Waals surface area contributed by atoms with Crippen molar-refractivity contribution in [2.45, 2.75) is 26.7 Å². The van der Waals surface area contributed by atoms with Crippen molar-refractivity contribution in [1.82, 2.24) is 14.8 Å². The SMILES string of the molecule is Cc1ccn(-c2cccc(C(C)C)n2)n1. The number of aromatic nitrogens is 3. The molecule has 0 aliphatic rings. The van der Waals surface area contributed by atoms with Crippen LogP contribution >= 0.6 is 0 Å². The predicted molar refractivity (Wildman–Crippen MR) is 60.2 cm³/mol. The van der Waals surface area contributed by atoms with Crippen molar-refractivity contribution in [3.63, 3.8) is 0 Å². The number of nitrogens with zero attached hydrogens (tertiary/aromatic N) is 3. The van der Waals surface area contributed by atoms with Gasteiger partial charge >= 0.3 is 0 Å². The summed E-state index contributed by atoms with van der Waals surface area (Å²) in [5, 5.41) is 4.34. The summed E-state index contributed by atoms with van der Waals surface area (Å²) in [6.45, 7) is 6.25. The molecule has 0 aromatic carbocycles. The van der Waals surface area contributed by atoms with Crippen LogP contribution in [-0.2, 0) is 0 Å². The molecular weight excluding hydrogens is 186 g/mol. The molecule has 2 heterocycles. The minimum Gasteiger partial charge on any atom is -0.233 e. The molecule has 0 spiro atoms. The van der Waals surface area contributed by atoms with Gasteiger partial charge in [-0.3, -0.25) is 0 Å². The average molecular weight is 201 g/mol. The summed E-state index contributed by atoms with van der Waals surface area (Å²) in [6, 6.07) is 8.02. The summed E-state index contributed by atoms with van der Waals surface area (Å²) in [7, 11) is 0. The molecule has 3 heteroatoms. The van der Waals surface area contributed by atoms with Gasteiger partial charge in [0.1, 0.15) is 0 Å². The Morgan fingerprint density at radius 2 is 2.00 bits per heavy atom. The third kappa shape index (κ3) is 2.06. The second-order valence-electron chi connectivity index (χ2n) is 3.98. The van der Waals surface area contributed by atoms with Gasteiger partial charge in [0.15, 0.2) is 5.82 Å². The molecule has 0 amide bonds. The van der Waals surface area contributed by atoms with Crippen LogP contribution in [0.4, 0.5) is 0 Å². The highest BCUT2D eigenvalue weighted by Gasteiger charge is 2.03. The fourth-order valence-electron chi connectivity index (χ4n) is 1.43. The Bertz CT molecular complexity index is 457. The van der Waals surface area contributed by atoms with Crippen LogP contribution in [0.1, 0.15) is 31.2 Å². The Hall–Kier alpha value is -1.64. The van der Waals surface area contributed by atoms with Crippen LogP contribution in [0.5, 0.6) is 0 Å². The van der Waals surface area contributed by atoms with Crippen molar-refractivity contribution in [2.75, 3.05) is 0 Å². The van der Waals surface area contributed by atoms with Gasteiger partial charge in [-0.25, -0.2) is 9.67 Å². The molecule has 15 heavy (non-hydrogen) atoms. The number of hydrogen-bond donors (Lipinski definition) is 0. The van der Waals surface area contributed by atoms with E-state index >= 15 is 0 Å². The van der Waals surface area contributed by atoms with Gasteiger partial charge < -0.3 is 0 Å². The maximum absolute atomic E-state index is 4.56. The van der Waals surface area contributed by atoms with Crippen LogP contribution in [0.3, 0.4) is 0 Å². The lowest BCUT2D eigenvalue weighted by molar-refractivity contribution is 0.779. The summed E-state index contributed by atoms with van der Waals surface area (Å²) in [6.07, 6.45) is 1.93. The van der Waals surface area contributed by atoms with Gasteiger partial charge in [0.25, 0.3) is 0 Å². The molecule has 0 saturated heterocycles. The molecule has 2 aromatic rings. The molecule has 0 fully saturated rings. The minimum atomic E-state index is 0.446. The van der Waals surface area contributed by atoms with E-state index in [1.54, 1.807) is 4.68 Å². The van der Waals surface area contributed by atoms with Gasteiger partial charge in [0, 0.05) is 11.9 Å². The first-order valence-corrected chi connectivity index (χ1v) is 5.16. The zero-order valence-electron chi connectivity index (χ0n) is 9.31. The van der Waals surface area contributed by atoms with Gasteiger partial charge in [-0.15, -0.1) is 0 Å². The van der Waals surface area contributed by atoms with E-state index in [1.165, 1.54) is 0 Å².